The van der Waals surface area contributed by atoms with Crippen molar-refractivity contribution in [3.8, 4) is 62.7 Å². The normalized spacial score (nSPS) is 12.7. The van der Waals surface area contributed by atoms with Gasteiger partial charge in [0.05, 0.1) is 16.4 Å². The molecule has 0 amide bonds. The molecule has 2 aromatic heterocycles. The first-order valence-electron chi connectivity index (χ1n) is 19.7. The zero-order chi connectivity index (χ0) is 39.2. The monoisotopic (exact) mass is 757 g/mol. The van der Waals surface area contributed by atoms with E-state index in [9.17, 15) is 0 Å². The number of ether oxygens (including phenoxy) is 1. The molecule has 6 nitrogen and oxygen atoms in total. The van der Waals surface area contributed by atoms with E-state index in [1.54, 1.807) is 0 Å². The smallest absolute Gasteiger partial charge is 0.164 e. The molecule has 0 radical (unpaired) electrons. The number of para-hydroxylation sites is 3. The van der Waals surface area contributed by atoms with E-state index in [1.807, 2.05) is 60.7 Å². The molecule has 10 aromatic rings. The number of rotatable bonds is 7. The summed E-state index contributed by atoms with van der Waals surface area (Å²) in [4.78, 5) is 20.5. The van der Waals surface area contributed by atoms with Crippen molar-refractivity contribution in [3.63, 3.8) is 0 Å². The van der Waals surface area contributed by atoms with Crippen LogP contribution in [0.5, 0.6) is 11.5 Å². The van der Waals surface area contributed by atoms with Gasteiger partial charge in [-0.1, -0.05) is 152 Å². The van der Waals surface area contributed by atoms with Crippen LogP contribution in [0.4, 0.5) is 0 Å². The van der Waals surface area contributed by atoms with Crippen LogP contribution in [-0.2, 0) is 5.41 Å². The van der Waals surface area contributed by atoms with Gasteiger partial charge in [0.25, 0.3) is 0 Å². The Labute approximate surface area is 341 Å². The topological polar surface area (TPSA) is 65.7 Å². The quantitative estimate of drug-likeness (QED) is 0.162. The Kier molecular flexibility index (Phi) is 8.26. The predicted molar refractivity (Wildman–Crippen MR) is 235 cm³/mol. The maximum Gasteiger partial charge on any atom is 0.164 e. The van der Waals surface area contributed by atoms with Gasteiger partial charge in [0.1, 0.15) is 17.3 Å². The van der Waals surface area contributed by atoms with Crippen molar-refractivity contribution in [1.82, 2.24) is 24.5 Å². The molecule has 6 heteroatoms. The number of hydrogen-bond donors (Lipinski definition) is 0. The summed E-state index contributed by atoms with van der Waals surface area (Å²) in [5, 5.41) is 0. The largest absolute Gasteiger partial charge is 0.457 e. The summed E-state index contributed by atoms with van der Waals surface area (Å²) in [6, 6.07) is 73.1. The van der Waals surface area contributed by atoms with E-state index in [2.05, 4.69) is 156 Å². The summed E-state index contributed by atoms with van der Waals surface area (Å²) in [7, 11) is 0. The minimum absolute atomic E-state index is 0.571. The maximum atomic E-state index is 6.70. The molecule has 0 bridgehead atoms. The fourth-order valence-electron chi connectivity index (χ4n) is 8.52. The van der Waals surface area contributed by atoms with Crippen molar-refractivity contribution in [1.29, 1.82) is 0 Å². The summed E-state index contributed by atoms with van der Waals surface area (Å²) in [6.45, 7) is 0. The van der Waals surface area contributed by atoms with Gasteiger partial charge in [0.2, 0.25) is 0 Å². The summed E-state index contributed by atoms with van der Waals surface area (Å²) in [5.74, 6) is 4.25. The minimum Gasteiger partial charge on any atom is -0.457 e. The highest BCUT2D eigenvalue weighted by atomic mass is 16.5. The van der Waals surface area contributed by atoms with Gasteiger partial charge in [-0.05, 0) is 71.8 Å². The fraction of sp³-hybridized carbons (Fsp3) is 0.0189. The lowest BCUT2D eigenvalue weighted by Gasteiger charge is -2.41. The second-order valence-corrected chi connectivity index (χ2v) is 14.6. The van der Waals surface area contributed by atoms with Gasteiger partial charge in [-0.3, -0.25) is 4.57 Å². The Morgan fingerprint density at radius 3 is 1.53 bits per heavy atom. The highest BCUT2D eigenvalue weighted by Gasteiger charge is 2.45. The fourth-order valence-corrected chi connectivity index (χ4v) is 8.52. The summed E-state index contributed by atoms with van der Waals surface area (Å²) >= 11 is 0. The standard InChI is InChI=1S/C53H35N5O/c1-5-17-36(18-6-1)49-55-50(37-29-32-42(33-30-37)58-46-27-15-14-26-45(46)54-52(58)38-19-7-2-8-20-38)57-51(56-49)39-31-34-48-44(35-39)53(40-21-9-3-10-22-40,41-23-11-4-12-24-41)43-25-13-16-28-47(43)59-48/h1-35H. The molecular weight excluding hydrogens is 723 g/mol. The number of benzene rings is 8. The highest BCUT2D eigenvalue weighted by molar-refractivity contribution is 5.83. The summed E-state index contributed by atoms with van der Waals surface area (Å²) in [6.07, 6.45) is 0. The van der Waals surface area contributed by atoms with Crippen LogP contribution in [0.2, 0.25) is 0 Å². The Balaban J connectivity index is 1.08. The second kappa shape index (κ2) is 14.2. The summed E-state index contributed by atoms with van der Waals surface area (Å²) in [5.41, 5.74) is 10.3. The first-order chi connectivity index (χ1) is 29.2. The molecule has 0 N–H and O–H groups in total. The van der Waals surface area contributed by atoms with E-state index < -0.39 is 5.41 Å². The zero-order valence-electron chi connectivity index (χ0n) is 31.9. The van der Waals surface area contributed by atoms with Crippen LogP contribution < -0.4 is 4.74 Å². The third-order valence-corrected chi connectivity index (χ3v) is 11.2. The van der Waals surface area contributed by atoms with Crippen molar-refractivity contribution < 1.29 is 4.74 Å². The van der Waals surface area contributed by atoms with Crippen LogP contribution in [-0.4, -0.2) is 24.5 Å². The molecule has 8 aromatic carbocycles. The van der Waals surface area contributed by atoms with Crippen LogP contribution >= 0.6 is 0 Å². The van der Waals surface area contributed by atoms with Gasteiger partial charge in [-0.15, -0.1) is 0 Å². The molecule has 11 rings (SSSR count). The van der Waals surface area contributed by atoms with E-state index in [0.717, 1.165) is 78.6 Å². The van der Waals surface area contributed by atoms with Crippen molar-refractivity contribution >= 4 is 11.0 Å². The summed E-state index contributed by atoms with van der Waals surface area (Å²) < 4.78 is 8.91. The van der Waals surface area contributed by atoms with Gasteiger partial charge in [-0.2, -0.15) is 0 Å². The number of imidazole rings is 1. The average Bonchev–Trinajstić information content (AvgIpc) is 3.71. The third kappa shape index (κ3) is 5.81. The maximum absolute atomic E-state index is 6.70. The number of fused-ring (bicyclic) bond motifs is 3. The van der Waals surface area contributed by atoms with E-state index in [-0.39, 0.29) is 0 Å². The predicted octanol–water partition coefficient (Wildman–Crippen LogP) is 12.4. The molecule has 1 aliphatic heterocycles. The van der Waals surface area contributed by atoms with Gasteiger partial charge in [0.15, 0.2) is 17.5 Å². The SMILES string of the molecule is c1ccc(-c2nc(-c3ccc(-n4c(-c5ccccc5)nc5ccccc54)cc3)nc(-c3ccc4c(c3)C(c3ccccc3)(c3ccccc3)c3ccccc3O4)n2)cc1. The van der Waals surface area contributed by atoms with E-state index in [4.69, 9.17) is 24.7 Å². The van der Waals surface area contributed by atoms with Gasteiger partial charge in [0, 0.05) is 39.1 Å². The molecule has 0 saturated carbocycles. The molecule has 1 aliphatic rings. The van der Waals surface area contributed by atoms with Crippen LogP contribution in [0, 0.1) is 0 Å². The van der Waals surface area contributed by atoms with Crippen molar-refractivity contribution in [2.24, 2.45) is 0 Å². The van der Waals surface area contributed by atoms with Crippen LogP contribution in [0.1, 0.15) is 22.3 Å². The molecule has 0 aliphatic carbocycles. The lowest BCUT2D eigenvalue weighted by molar-refractivity contribution is 0.434. The van der Waals surface area contributed by atoms with Crippen LogP contribution in [0.3, 0.4) is 0 Å². The molecule has 0 saturated heterocycles. The average molecular weight is 758 g/mol. The highest BCUT2D eigenvalue weighted by Crippen LogP contribution is 2.55. The lowest BCUT2D eigenvalue weighted by Crippen LogP contribution is -2.34. The first kappa shape index (κ1) is 34.3. The van der Waals surface area contributed by atoms with E-state index >= 15 is 0 Å². The van der Waals surface area contributed by atoms with Crippen molar-refractivity contribution in [2.75, 3.05) is 0 Å². The molecule has 3 heterocycles. The molecule has 278 valence electrons. The van der Waals surface area contributed by atoms with Crippen LogP contribution in [0.15, 0.2) is 212 Å². The van der Waals surface area contributed by atoms with Crippen molar-refractivity contribution in [2.45, 2.75) is 5.41 Å². The van der Waals surface area contributed by atoms with E-state index in [1.165, 1.54) is 0 Å². The number of aromatic nitrogens is 5. The zero-order valence-corrected chi connectivity index (χ0v) is 31.9. The van der Waals surface area contributed by atoms with Gasteiger partial charge in [-0.25, -0.2) is 19.9 Å². The third-order valence-electron chi connectivity index (χ3n) is 11.2. The van der Waals surface area contributed by atoms with Gasteiger partial charge < -0.3 is 4.74 Å². The lowest BCUT2D eigenvalue weighted by atomic mass is 9.63. The Hall–Kier alpha value is -7.96. The van der Waals surface area contributed by atoms with E-state index in [0.29, 0.717) is 17.5 Å². The second-order valence-electron chi connectivity index (χ2n) is 14.6. The van der Waals surface area contributed by atoms with Crippen molar-refractivity contribution in [3.05, 3.63) is 235 Å². The van der Waals surface area contributed by atoms with Crippen LogP contribution in [0.25, 0.3) is 62.3 Å². The molecular formula is C53H35N5O. The molecule has 0 unspecified atom stereocenters. The molecule has 0 spiro atoms. The molecule has 0 atom stereocenters. The van der Waals surface area contributed by atoms with Gasteiger partial charge >= 0.3 is 0 Å². The molecule has 0 fully saturated rings. The Bertz CT molecular complexity index is 3070. The molecule has 59 heavy (non-hydrogen) atoms. The Morgan fingerprint density at radius 2 is 0.864 bits per heavy atom. The number of nitrogens with zero attached hydrogens (tertiary/aromatic N) is 5. The first-order valence-corrected chi connectivity index (χ1v) is 19.7. The number of hydrogen-bond acceptors (Lipinski definition) is 5. The minimum atomic E-state index is -0.674. The Morgan fingerprint density at radius 1 is 0.373 bits per heavy atom.